The Balaban J connectivity index is 2.09. The fourth-order valence-electron chi connectivity index (χ4n) is 4.58. The predicted molar refractivity (Wildman–Crippen MR) is 156 cm³/mol. The fourth-order valence-corrected chi connectivity index (χ4v) is 4.58. The van der Waals surface area contributed by atoms with Crippen LogP contribution in [0.25, 0.3) is 0 Å². The average Bonchev–Trinajstić information content (AvgIpc) is 2.94. The maximum Gasteiger partial charge on any atom is 0.271 e. The van der Waals surface area contributed by atoms with E-state index in [9.17, 15) is 23.5 Å². The lowest BCUT2D eigenvalue weighted by Crippen LogP contribution is -2.49. The molecule has 0 aromatic heterocycles. The lowest BCUT2D eigenvalue weighted by molar-refractivity contribution is -0.124. The number of hydrogen-bond acceptors (Lipinski definition) is 6. The SMILES string of the molecule is CCCN(CCC)C(=O)C(CCC(=O)NC(Cc1cc(F)cc(F)c1)C(O)CNCc1cccc(CC)c1)=NOC. The molecule has 2 atom stereocenters. The van der Waals surface area contributed by atoms with Gasteiger partial charge in [0.15, 0.2) is 0 Å². The second-order valence-corrected chi connectivity index (χ2v) is 10.0. The molecule has 3 N–H and O–H groups in total. The van der Waals surface area contributed by atoms with E-state index in [2.05, 4.69) is 28.8 Å². The van der Waals surface area contributed by atoms with Gasteiger partial charge in [-0.2, -0.15) is 0 Å². The van der Waals surface area contributed by atoms with E-state index in [1.165, 1.54) is 24.8 Å². The lowest BCUT2D eigenvalue weighted by atomic mass is 10.00. The van der Waals surface area contributed by atoms with E-state index < -0.39 is 29.7 Å². The molecule has 0 saturated carbocycles. The van der Waals surface area contributed by atoms with Gasteiger partial charge in [0.05, 0.1) is 12.1 Å². The Morgan fingerprint density at radius 1 is 0.976 bits per heavy atom. The van der Waals surface area contributed by atoms with Crippen LogP contribution in [0.1, 0.15) is 63.1 Å². The largest absolute Gasteiger partial charge is 0.399 e. The van der Waals surface area contributed by atoms with Crippen molar-refractivity contribution < 1.29 is 28.3 Å². The highest BCUT2D eigenvalue weighted by atomic mass is 19.1. The van der Waals surface area contributed by atoms with Gasteiger partial charge < -0.3 is 25.5 Å². The first kappa shape index (κ1) is 33.8. The molecule has 10 heteroatoms. The molecule has 0 saturated heterocycles. The zero-order chi connectivity index (χ0) is 30.2. The number of carbonyl (C=O) groups is 2. The molecule has 0 aliphatic carbocycles. The Bertz CT molecular complexity index is 1120. The molecule has 41 heavy (non-hydrogen) atoms. The van der Waals surface area contributed by atoms with Crippen LogP contribution in [0, 0.1) is 11.6 Å². The number of aryl methyl sites for hydroxylation is 1. The third-order valence-corrected chi connectivity index (χ3v) is 6.58. The third kappa shape index (κ3) is 11.9. The molecule has 2 aromatic rings. The monoisotopic (exact) mass is 574 g/mol. The first-order valence-corrected chi connectivity index (χ1v) is 14.3. The van der Waals surface area contributed by atoms with E-state index in [-0.39, 0.29) is 37.4 Å². The van der Waals surface area contributed by atoms with E-state index in [0.29, 0.717) is 25.2 Å². The van der Waals surface area contributed by atoms with Crippen LogP contribution >= 0.6 is 0 Å². The molecule has 0 spiro atoms. The van der Waals surface area contributed by atoms with Gasteiger partial charge in [-0.15, -0.1) is 0 Å². The average molecular weight is 575 g/mol. The van der Waals surface area contributed by atoms with Crippen LogP contribution in [0.2, 0.25) is 0 Å². The van der Waals surface area contributed by atoms with Gasteiger partial charge in [0, 0.05) is 45.1 Å². The van der Waals surface area contributed by atoms with Gasteiger partial charge >= 0.3 is 0 Å². The van der Waals surface area contributed by atoms with Crippen molar-refractivity contribution in [1.29, 1.82) is 0 Å². The van der Waals surface area contributed by atoms with Crippen molar-refractivity contribution in [2.75, 3.05) is 26.7 Å². The molecule has 2 unspecified atom stereocenters. The number of halogens is 2. The minimum absolute atomic E-state index is 0.00725. The molecular formula is C31H44F2N4O4. The van der Waals surface area contributed by atoms with E-state index in [0.717, 1.165) is 30.9 Å². The number of nitrogens with one attached hydrogen (secondary N) is 2. The molecule has 8 nitrogen and oxygen atoms in total. The second kappa shape index (κ2) is 18.1. The van der Waals surface area contributed by atoms with Crippen molar-refractivity contribution in [1.82, 2.24) is 15.5 Å². The number of amides is 2. The summed E-state index contributed by atoms with van der Waals surface area (Å²) in [7, 11) is 1.34. The second-order valence-electron chi connectivity index (χ2n) is 10.0. The maximum absolute atomic E-state index is 13.9. The first-order chi connectivity index (χ1) is 19.7. The highest BCUT2D eigenvalue weighted by Crippen LogP contribution is 2.13. The zero-order valence-corrected chi connectivity index (χ0v) is 24.6. The fraction of sp³-hybridized carbons (Fsp3) is 0.516. The summed E-state index contributed by atoms with van der Waals surface area (Å²) >= 11 is 0. The van der Waals surface area contributed by atoms with Crippen molar-refractivity contribution in [3.8, 4) is 0 Å². The zero-order valence-electron chi connectivity index (χ0n) is 24.6. The van der Waals surface area contributed by atoms with E-state index in [1.807, 2.05) is 32.0 Å². The number of carbonyl (C=O) groups excluding carboxylic acids is 2. The summed E-state index contributed by atoms with van der Waals surface area (Å²) in [6, 6.07) is 10.4. The highest BCUT2D eigenvalue weighted by Gasteiger charge is 2.24. The number of oxime groups is 1. The van der Waals surface area contributed by atoms with Gasteiger partial charge in [-0.1, -0.05) is 50.2 Å². The number of rotatable bonds is 18. The smallest absolute Gasteiger partial charge is 0.271 e. The summed E-state index contributed by atoms with van der Waals surface area (Å²) < 4.78 is 27.7. The van der Waals surface area contributed by atoms with Gasteiger partial charge in [-0.05, 0) is 54.5 Å². The summed E-state index contributed by atoms with van der Waals surface area (Å²) in [6.45, 7) is 7.80. The Labute approximate surface area is 242 Å². The van der Waals surface area contributed by atoms with Crippen LogP contribution in [0.3, 0.4) is 0 Å². The Morgan fingerprint density at radius 2 is 1.63 bits per heavy atom. The maximum atomic E-state index is 13.9. The highest BCUT2D eigenvalue weighted by molar-refractivity contribution is 6.38. The van der Waals surface area contributed by atoms with E-state index in [4.69, 9.17) is 4.84 Å². The van der Waals surface area contributed by atoms with Crippen molar-refractivity contribution in [2.45, 2.75) is 78.0 Å². The molecule has 0 aliphatic rings. The number of benzene rings is 2. The van der Waals surface area contributed by atoms with Gasteiger partial charge in [0.2, 0.25) is 5.91 Å². The number of nitrogens with zero attached hydrogens (tertiary/aromatic N) is 2. The van der Waals surface area contributed by atoms with Crippen molar-refractivity contribution in [2.24, 2.45) is 5.16 Å². The van der Waals surface area contributed by atoms with Crippen LogP contribution in [0.4, 0.5) is 8.78 Å². The predicted octanol–water partition coefficient (Wildman–Crippen LogP) is 4.14. The van der Waals surface area contributed by atoms with Crippen LogP contribution in [0.15, 0.2) is 47.6 Å². The quantitative estimate of drug-likeness (QED) is 0.184. The van der Waals surface area contributed by atoms with Gasteiger partial charge in [-0.3, -0.25) is 9.59 Å². The number of aliphatic hydroxyl groups excluding tert-OH is 1. The van der Waals surface area contributed by atoms with Crippen LogP contribution in [0.5, 0.6) is 0 Å². The number of hydrogen-bond donors (Lipinski definition) is 3. The van der Waals surface area contributed by atoms with E-state index >= 15 is 0 Å². The summed E-state index contributed by atoms with van der Waals surface area (Å²) in [6.07, 6.45) is 1.37. The minimum atomic E-state index is -1.06. The molecular weight excluding hydrogens is 530 g/mol. The number of aliphatic hydroxyl groups is 1. The molecule has 2 aromatic carbocycles. The van der Waals surface area contributed by atoms with Crippen molar-refractivity contribution in [3.05, 3.63) is 70.8 Å². The standard InChI is InChI=1S/C31H44F2N4O4/c1-5-13-37(14-6-2)31(40)27(36-41-4)11-12-30(39)35-28(18-24-16-25(32)19-26(33)17-24)29(38)21-34-20-23-10-8-9-22(7-3)15-23/h8-10,15-17,19,28-29,34,38H,5-7,11-14,18,20-21H2,1-4H3,(H,35,39). The molecule has 0 aliphatic heterocycles. The first-order valence-electron chi connectivity index (χ1n) is 14.3. The summed E-state index contributed by atoms with van der Waals surface area (Å²) in [5, 5.41) is 20.9. The molecule has 0 heterocycles. The normalized spacial score (nSPS) is 13.0. The lowest BCUT2D eigenvalue weighted by Gasteiger charge is -2.25. The van der Waals surface area contributed by atoms with Crippen LogP contribution in [-0.4, -0.2) is 66.4 Å². The van der Waals surface area contributed by atoms with Crippen LogP contribution in [-0.2, 0) is 33.8 Å². The summed E-state index contributed by atoms with van der Waals surface area (Å²) in [4.78, 5) is 32.5. The van der Waals surface area contributed by atoms with Crippen molar-refractivity contribution in [3.63, 3.8) is 0 Å². The third-order valence-electron chi connectivity index (χ3n) is 6.58. The summed E-state index contributed by atoms with van der Waals surface area (Å²) in [5.74, 6) is -2.20. The topological polar surface area (TPSA) is 103 Å². The van der Waals surface area contributed by atoms with Gasteiger partial charge in [0.1, 0.15) is 24.5 Å². The molecule has 2 amide bonds. The van der Waals surface area contributed by atoms with Gasteiger partial charge in [0.25, 0.3) is 5.91 Å². The van der Waals surface area contributed by atoms with E-state index in [1.54, 1.807) is 4.90 Å². The van der Waals surface area contributed by atoms with Crippen LogP contribution < -0.4 is 10.6 Å². The Kier molecular flexibility index (Phi) is 15.0. The van der Waals surface area contributed by atoms with Crippen molar-refractivity contribution >= 4 is 17.5 Å². The minimum Gasteiger partial charge on any atom is -0.399 e. The molecule has 2 rings (SSSR count). The molecule has 0 fully saturated rings. The Morgan fingerprint density at radius 3 is 2.24 bits per heavy atom. The molecule has 226 valence electrons. The molecule has 0 bridgehead atoms. The summed E-state index contributed by atoms with van der Waals surface area (Å²) in [5.41, 5.74) is 2.68. The molecule has 0 radical (unpaired) electrons. The Hall–Kier alpha value is -3.37. The van der Waals surface area contributed by atoms with Gasteiger partial charge in [-0.25, -0.2) is 8.78 Å².